The van der Waals surface area contributed by atoms with Crippen molar-refractivity contribution in [3.63, 3.8) is 0 Å². The number of aryl methyl sites for hydroxylation is 1. The van der Waals surface area contributed by atoms with Crippen molar-refractivity contribution in [2.75, 3.05) is 5.32 Å². The molecule has 24 heavy (non-hydrogen) atoms. The summed E-state index contributed by atoms with van der Waals surface area (Å²) in [6.45, 7) is 7.27. The molecule has 0 aliphatic carbocycles. The van der Waals surface area contributed by atoms with Crippen LogP contribution >= 0.6 is 0 Å². The Morgan fingerprint density at radius 2 is 1.96 bits per heavy atom. The normalized spacial score (nSPS) is 11.7. The van der Waals surface area contributed by atoms with Crippen LogP contribution in [0.5, 0.6) is 0 Å². The Hall–Kier alpha value is -2.76. The van der Waals surface area contributed by atoms with Crippen molar-refractivity contribution in [2.45, 2.75) is 40.2 Å². The molecule has 1 heterocycles. The molecule has 6 heteroatoms. The van der Waals surface area contributed by atoms with Gasteiger partial charge < -0.3 is 10.6 Å². The Balaban J connectivity index is 2.24. The Kier molecular flexibility index (Phi) is 5.63. The van der Waals surface area contributed by atoms with Crippen molar-refractivity contribution in [3.8, 4) is 0 Å². The van der Waals surface area contributed by atoms with Crippen molar-refractivity contribution in [1.29, 1.82) is 0 Å². The molecule has 6 nitrogen and oxygen atoms in total. The number of ketones is 1. The SMILES string of the molecule is CCC(C)NC(=O)c1cc(C)nc(Nc2cccc(C(C)=O)c2)n1. The highest BCUT2D eigenvalue weighted by Crippen LogP contribution is 2.16. The van der Waals surface area contributed by atoms with Crippen LogP contribution in [0, 0.1) is 6.92 Å². The number of hydrogen-bond acceptors (Lipinski definition) is 5. The zero-order chi connectivity index (χ0) is 17.7. The van der Waals surface area contributed by atoms with E-state index in [1.807, 2.05) is 19.9 Å². The lowest BCUT2D eigenvalue weighted by atomic mass is 10.1. The van der Waals surface area contributed by atoms with Crippen molar-refractivity contribution >= 4 is 23.3 Å². The first-order valence-electron chi connectivity index (χ1n) is 7.93. The molecule has 2 N–H and O–H groups in total. The van der Waals surface area contributed by atoms with Crippen LogP contribution < -0.4 is 10.6 Å². The van der Waals surface area contributed by atoms with Crippen molar-refractivity contribution in [1.82, 2.24) is 15.3 Å². The van der Waals surface area contributed by atoms with Gasteiger partial charge in [-0.3, -0.25) is 9.59 Å². The van der Waals surface area contributed by atoms with Crippen molar-refractivity contribution in [2.24, 2.45) is 0 Å². The molecule has 1 amide bonds. The average Bonchev–Trinajstić information content (AvgIpc) is 2.54. The summed E-state index contributed by atoms with van der Waals surface area (Å²) in [7, 11) is 0. The molecule has 1 aromatic heterocycles. The Labute approximate surface area is 141 Å². The summed E-state index contributed by atoms with van der Waals surface area (Å²) in [6.07, 6.45) is 0.846. The summed E-state index contributed by atoms with van der Waals surface area (Å²) in [5.41, 5.74) is 2.29. The van der Waals surface area contributed by atoms with E-state index in [0.717, 1.165) is 6.42 Å². The molecule has 2 rings (SSSR count). The van der Waals surface area contributed by atoms with E-state index in [1.54, 1.807) is 31.2 Å². The van der Waals surface area contributed by atoms with E-state index in [2.05, 4.69) is 20.6 Å². The van der Waals surface area contributed by atoms with E-state index in [1.165, 1.54) is 6.92 Å². The Bertz CT molecular complexity index is 758. The summed E-state index contributed by atoms with van der Waals surface area (Å²) < 4.78 is 0. The fourth-order valence-electron chi connectivity index (χ4n) is 2.09. The predicted octanol–water partition coefficient (Wildman–Crippen LogP) is 3.26. The lowest BCUT2D eigenvalue weighted by Gasteiger charge is -2.12. The molecule has 0 radical (unpaired) electrons. The number of nitrogens with one attached hydrogen (secondary N) is 2. The summed E-state index contributed by atoms with van der Waals surface area (Å²) >= 11 is 0. The highest BCUT2D eigenvalue weighted by molar-refractivity contribution is 5.95. The quantitative estimate of drug-likeness (QED) is 0.796. The Morgan fingerprint density at radius 1 is 1.21 bits per heavy atom. The number of benzene rings is 1. The van der Waals surface area contributed by atoms with Gasteiger partial charge in [0.15, 0.2) is 5.78 Å². The fourth-order valence-corrected chi connectivity index (χ4v) is 2.09. The van der Waals surface area contributed by atoms with Gasteiger partial charge in [0.2, 0.25) is 5.95 Å². The van der Waals surface area contributed by atoms with E-state index in [-0.39, 0.29) is 17.7 Å². The molecular weight excluding hydrogens is 304 g/mol. The van der Waals surface area contributed by atoms with Crippen LogP contribution in [-0.4, -0.2) is 27.7 Å². The number of nitrogens with zero attached hydrogens (tertiary/aromatic N) is 2. The molecule has 0 spiro atoms. The summed E-state index contributed by atoms with van der Waals surface area (Å²) in [5, 5.41) is 5.93. The second-order valence-electron chi connectivity index (χ2n) is 5.76. The maximum Gasteiger partial charge on any atom is 0.270 e. The van der Waals surface area contributed by atoms with Crippen molar-refractivity contribution < 1.29 is 9.59 Å². The standard InChI is InChI=1S/C18H22N4O2/c1-5-11(2)19-17(24)16-9-12(3)20-18(22-16)21-15-8-6-7-14(10-15)13(4)23/h6-11H,5H2,1-4H3,(H,19,24)(H,20,21,22). The fraction of sp³-hybridized carbons (Fsp3) is 0.333. The van der Waals surface area contributed by atoms with Crippen LogP contribution in [0.1, 0.15) is 53.7 Å². The monoisotopic (exact) mass is 326 g/mol. The number of amides is 1. The van der Waals surface area contributed by atoms with Gasteiger partial charge in [-0.2, -0.15) is 0 Å². The summed E-state index contributed by atoms with van der Waals surface area (Å²) in [4.78, 5) is 32.3. The highest BCUT2D eigenvalue weighted by Gasteiger charge is 2.13. The van der Waals surface area contributed by atoms with Gasteiger partial charge in [0, 0.05) is 23.0 Å². The molecule has 0 aliphatic heterocycles. The van der Waals surface area contributed by atoms with Gasteiger partial charge in [-0.1, -0.05) is 19.1 Å². The van der Waals surface area contributed by atoms with Gasteiger partial charge in [-0.05, 0) is 45.4 Å². The van der Waals surface area contributed by atoms with E-state index < -0.39 is 0 Å². The first kappa shape index (κ1) is 17.6. The maximum absolute atomic E-state index is 12.2. The molecule has 0 bridgehead atoms. The third-order valence-electron chi connectivity index (χ3n) is 3.60. The topological polar surface area (TPSA) is 84.0 Å². The first-order chi connectivity index (χ1) is 11.4. The van der Waals surface area contributed by atoms with Crippen molar-refractivity contribution in [3.05, 3.63) is 47.3 Å². The van der Waals surface area contributed by atoms with Crippen LogP contribution in [0.2, 0.25) is 0 Å². The molecular formula is C18H22N4O2. The van der Waals surface area contributed by atoms with Gasteiger partial charge in [-0.25, -0.2) is 9.97 Å². The second kappa shape index (κ2) is 7.68. The lowest BCUT2D eigenvalue weighted by molar-refractivity contribution is 0.0933. The second-order valence-corrected chi connectivity index (χ2v) is 5.76. The molecule has 1 atom stereocenters. The summed E-state index contributed by atoms with van der Waals surface area (Å²) in [5.74, 6) is 0.0813. The highest BCUT2D eigenvalue weighted by atomic mass is 16.2. The van der Waals surface area contributed by atoms with E-state index in [0.29, 0.717) is 28.6 Å². The number of carbonyl (C=O) groups is 2. The van der Waals surface area contributed by atoms with E-state index in [4.69, 9.17) is 0 Å². The predicted molar refractivity (Wildman–Crippen MR) is 93.7 cm³/mol. The summed E-state index contributed by atoms with van der Waals surface area (Å²) in [6, 6.07) is 8.80. The molecule has 0 fully saturated rings. The zero-order valence-corrected chi connectivity index (χ0v) is 14.4. The minimum Gasteiger partial charge on any atom is -0.348 e. The third kappa shape index (κ3) is 4.62. The smallest absolute Gasteiger partial charge is 0.270 e. The van der Waals surface area contributed by atoms with Gasteiger partial charge in [0.1, 0.15) is 5.69 Å². The molecule has 2 aromatic rings. The first-order valence-corrected chi connectivity index (χ1v) is 7.93. The molecule has 126 valence electrons. The zero-order valence-electron chi connectivity index (χ0n) is 14.4. The maximum atomic E-state index is 12.2. The van der Waals surface area contributed by atoms with E-state index >= 15 is 0 Å². The number of aromatic nitrogens is 2. The van der Waals surface area contributed by atoms with Crippen LogP contribution in [-0.2, 0) is 0 Å². The number of Topliss-reactive ketones (excluding diaryl/α,β-unsaturated/α-hetero) is 1. The van der Waals surface area contributed by atoms with E-state index in [9.17, 15) is 9.59 Å². The molecule has 0 saturated carbocycles. The van der Waals surface area contributed by atoms with Gasteiger partial charge >= 0.3 is 0 Å². The molecule has 0 saturated heterocycles. The van der Waals surface area contributed by atoms with Crippen LogP contribution in [0.4, 0.5) is 11.6 Å². The van der Waals surface area contributed by atoms with Gasteiger partial charge in [0.05, 0.1) is 0 Å². The lowest BCUT2D eigenvalue weighted by Crippen LogP contribution is -2.32. The molecule has 0 aliphatic rings. The minimum atomic E-state index is -0.226. The number of rotatable bonds is 6. The number of hydrogen-bond donors (Lipinski definition) is 2. The van der Waals surface area contributed by atoms with Crippen LogP contribution in [0.3, 0.4) is 0 Å². The molecule has 1 aromatic carbocycles. The minimum absolute atomic E-state index is 0.0163. The largest absolute Gasteiger partial charge is 0.348 e. The van der Waals surface area contributed by atoms with Gasteiger partial charge in [-0.15, -0.1) is 0 Å². The molecule has 1 unspecified atom stereocenters. The van der Waals surface area contributed by atoms with Crippen LogP contribution in [0.15, 0.2) is 30.3 Å². The average molecular weight is 326 g/mol. The third-order valence-corrected chi connectivity index (χ3v) is 3.60. The Morgan fingerprint density at radius 3 is 2.62 bits per heavy atom. The van der Waals surface area contributed by atoms with Crippen LogP contribution in [0.25, 0.3) is 0 Å². The number of carbonyl (C=O) groups excluding carboxylic acids is 2. The van der Waals surface area contributed by atoms with Gasteiger partial charge in [0.25, 0.3) is 5.91 Å². The number of anilines is 2.